The lowest BCUT2D eigenvalue weighted by Crippen LogP contribution is -2.19. The predicted octanol–water partition coefficient (Wildman–Crippen LogP) is 1.39. The first-order valence-corrected chi connectivity index (χ1v) is 5.73. The lowest BCUT2D eigenvalue weighted by atomic mass is 10.1. The topological polar surface area (TPSA) is 24.5 Å². The van der Waals surface area contributed by atoms with Gasteiger partial charge in [0, 0.05) is 6.54 Å². The van der Waals surface area contributed by atoms with Crippen molar-refractivity contribution in [2.45, 2.75) is 6.42 Å². The van der Waals surface area contributed by atoms with Gasteiger partial charge >= 0.3 is 0 Å². The average molecular weight is 222 g/mol. The van der Waals surface area contributed by atoms with E-state index in [2.05, 4.69) is 28.4 Å². The minimum Gasteiger partial charge on any atom is -0.492 e. The highest BCUT2D eigenvalue weighted by atomic mass is 16.5. The van der Waals surface area contributed by atoms with Crippen LogP contribution in [0.4, 0.5) is 0 Å². The largest absolute Gasteiger partial charge is 0.492 e. The van der Waals surface area contributed by atoms with Gasteiger partial charge in [0.05, 0.1) is 0 Å². The van der Waals surface area contributed by atoms with Gasteiger partial charge in [-0.3, -0.25) is 0 Å². The molecule has 0 spiro atoms. The van der Waals surface area contributed by atoms with Crippen LogP contribution in [-0.2, 0) is 6.42 Å². The summed E-state index contributed by atoms with van der Waals surface area (Å²) in [5.41, 5.74) is 1.32. The SMILES string of the molecule is CNCCc1cccc(OCCN(C)C)c1. The highest BCUT2D eigenvalue weighted by Gasteiger charge is 1.97. The van der Waals surface area contributed by atoms with Crippen LogP contribution in [0.2, 0.25) is 0 Å². The zero-order chi connectivity index (χ0) is 11.8. The van der Waals surface area contributed by atoms with Gasteiger partial charge in [-0.05, 0) is 51.8 Å². The van der Waals surface area contributed by atoms with Crippen LogP contribution in [0.25, 0.3) is 0 Å². The van der Waals surface area contributed by atoms with Gasteiger partial charge in [0.1, 0.15) is 12.4 Å². The maximum atomic E-state index is 5.68. The van der Waals surface area contributed by atoms with Crippen LogP contribution in [-0.4, -0.2) is 45.7 Å². The van der Waals surface area contributed by atoms with Gasteiger partial charge < -0.3 is 15.0 Å². The Morgan fingerprint density at radius 1 is 1.31 bits per heavy atom. The Morgan fingerprint density at radius 3 is 2.81 bits per heavy atom. The van der Waals surface area contributed by atoms with Gasteiger partial charge in [-0.1, -0.05) is 12.1 Å². The third-order valence-corrected chi connectivity index (χ3v) is 2.37. The molecule has 0 atom stereocenters. The molecule has 0 unspecified atom stereocenters. The van der Waals surface area contributed by atoms with Crippen LogP contribution in [0.5, 0.6) is 5.75 Å². The summed E-state index contributed by atoms with van der Waals surface area (Å²) < 4.78 is 5.68. The monoisotopic (exact) mass is 222 g/mol. The molecule has 16 heavy (non-hydrogen) atoms. The molecule has 1 aromatic carbocycles. The van der Waals surface area contributed by atoms with E-state index in [1.165, 1.54) is 5.56 Å². The molecular weight excluding hydrogens is 200 g/mol. The van der Waals surface area contributed by atoms with Crippen LogP contribution < -0.4 is 10.1 Å². The van der Waals surface area contributed by atoms with E-state index in [4.69, 9.17) is 4.74 Å². The minimum atomic E-state index is 0.739. The highest BCUT2D eigenvalue weighted by Crippen LogP contribution is 2.13. The van der Waals surface area contributed by atoms with Crippen LogP contribution in [0, 0.1) is 0 Å². The number of likely N-dealkylation sites (N-methyl/N-ethyl adjacent to an activating group) is 2. The van der Waals surface area contributed by atoms with Gasteiger partial charge in [-0.25, -0.2) is 0 Å². The Morgan fingerprint density at radius 2 is 2.12 bits per heavy atom. The molecule has 3 heteroatoms. The molecule has 0 saturated carbocycles. The molecule has 0 fully saturated rings. The second kappa shape index (κ2) is 7.25. The minimum absolute atomic E-state index is 0.739. The van der Waals surface area contributed by atoms with Crippen molar-refractivity contribution in [2.24, 2.45) is 0 Å². The molecule has 0 bridgehead atoms. The van der Waals surface area contributed by atoms with Crippen molar-refractivity contribution in [1.82, 2.24) is 10.2 Å². The van der Waals surface area contributed by atoms with E-state index in [-0.39, 0.29) is 0 Å². The molecule has 0 aliphatic heterocycles. The van der Waals surface area contributed by atoms with E-state index in [1.807, 2.05) is 27.2 Å². The first-order chi connectivity index (χ1) is 7.72. The zero-order valence-corrected chi connectivity index (χ0v) is 10.5. The first-order valence-electron chi connectivity index (χ1n) is 5.73. The molecule has 1 aromatic rings. The van der Waals surface area contributed by atoms with Gasteiger partial charge in [0.2, 0.25) is 0 Å². The molecule has 0 saturated heterocycles. The van der Waals surface area contributed by atoms with E-state index in [0.29, 0.717) is 0 Å². The second-order valence-corrected chi connectivity index (χ2v) is 4.15. The molecule has 3 nitrogen and oxygen atoms in total. The summed E-state index contributed by atoms with van der Waals surface area (Å²) in [5.74, 6) is 0.968. The third kappa shape index (κ3) is 5.14. The number of hydrogen-bond donors (Lipinski definition) is 1. The first kappa shape index (κ1) is 13.0. The van der Waals surface area contributed by atoms with Gasteiger partial charge in [-0.15, -0.1) is 0 Å². The number of nitrogens with zero attached hydrogens (tertiary/aromatic N) is 1. The number of rotatable bonds is 7. The normalized spacial score (nSPS) is 10.8. The van der Waals surface area contributed by atoms with Crippen LogP contribution >= 0.6 is 0 Å². The van der Waals surface area contributed by atoms with Gasteiger partial charge in [0.15, 0.2) is 0 Å². The van der Waals surface area contributed by atoms with Crippen molar-refractivity contribution < 1.29 is 4.74 Å². The maximum Gasteiger partial charge on any atom is 0.119 e. The molecule has 0 aliphatic carbocycles. The van der Waals surface area contributed by atoms with E-state index in [1.54, 1.807) is 0 Å². The van der Waals surface area contributed by atoms with Crippen LogP contribution in [0.1, 0.15) is 5.56 Å². The second-order valence-electron chi connectivity index (χ2n) is 4.15. The number of ether oxygens (including phenoxy) is 1. The molecule has 0 aliphatic rings. The summed E-state index contributed by atoms with van der Waals surface area (Å²) in [7, 11) is 6.07. The summed E-state index contributed by atoms with van der Waals surface area (Å²) in [5, 5.41) is 3.15. The molecule has 0 radical (unpaired) electrons. The number of hydrogen-bond acceptors (Lipinski definition) is 3. The fraction of sp³-hybridized carbons (Fsp3) is 0.538. The highest BCUT2D eigenvalue weighted by molar-refractivity contribution is 5.28. The van der Waals surface area contributed by atoms with Crippen molar-refractivity contribution in [3.8, 4) is 5.75 Å². The summed E-state index contributed by atoms with van der Waals surface area (Å²) in [4.78, 5) is 2.12. The van der Waals surface area contributed by atoms with Crippen molar-refractivity contribution >= 4 is 0 Å². The number of benzene rings is 1. The third-order valence-electron chi connectivity index (χ3n) is 2.37. The van der Waals surface area contributed by atoms with Crippen molar-refractivity contribution in [3.63, 3.8) is 0 Å². The Bertz CT molecular complexity index is 300. The Hall–Kier alpha value is -1.06. The molecule has 0 heterocycles. The van der Waals surface area contributed by atoms with Gasteiger partial charge in [-0.2, -0.15) is 0 Å². The van der Waals surface area contributed by atoms with Crippen molar-refractivity contribution in [1.29, 1.82) is 0 Å². The average Bonchev–Trinajstić information content (AvgIpc) is 2.26. The molecule has 0 aromatic heterocycles. The summed E-state index contributed by atoms with van der Waals surface area (Å²) >= 11 is 0. The van der Waals surface area contributed by atoms with E-state index < -0.39 is 0 Å². The van der Waals surface area contributed by atoms with E-state index >= 15 is 0 Å². The van der Waals surface area contributed by atoms with E-state index in [9.17, 15) is 0 Å². The molecule has 90 valence electrons. The van der Waals surface area contributed by atoms with Crippen LogP contribution in [0.15, 0.2) is 24.3 Å². The van der Waals surface area contributed by atoms with Crippen molar-refractivity contribution in [2.75, 3.05) is 40.8 Å². The predicted molar refractivity (Wildman–Crippen MR) is 68.1 cm³/mol. The zero-order valence-electron chi connectivity index (χ0n) is 10.5. The fourth-order valence-electron chi connectivity index (χ4n) is 1.41. The van der Waals surface area contributed by atoms with Crippen LogP contribution in [0.3, 0.4) is 0 Å². The lowest BCUT2D eigenvalue weighted by Gasteiger charge is -2.11. The lowest BCUT2D eigenvalue weighted by molar-refractivity contribution is 0.261. The number of nitrogens with one attached hydrogen (secondary N) is 1. The molecule has 1 N–H and O–H groups in total. The van der Waals surface area contributed by atoms with Crippen molar-refractivity contribution in [3.05, 3.63) is 29.8 Å². The Labute approximate surface area is 98.4 Å². The molecular formula is C13H22N2O. The van der Waals surface area contributed by atoms with Gasteiger partial charge in [0.25, 0.3) is 0 Å². The molecule has 0 amide bonds. The van der Waals surface area contributed by atoms with E-state index in [0.717, 1.165) is 31.9 Å². The summed E-state index contributed by atoms with van der Waals surface area (Å²) in [6, 6.07) is 8.32. The Balaban J connectivity index is 2.40. The summed E-state index contributed by atoms with van der Waals surface area (Å²) in [6.07, 6.45) is 1.04. The smallest absolute Gasteiger partial charge is 0.119 e. The standard InChI is InChI=1S/C13H22N2O/c1-14-8-7-12-5-4-6-13(11-12)16-10-9-15(2)3/h4-6,11,14H,7-10H2,1-3H3. The Kier molecular flexibility index (Phi) is 5.90. The fourth-order valence-corrected chi connectivity index (χ4v) is 1.41. The molecule has 1 rings (SSSR count). The quantitative estimate of drug-likeness (QED) is 0.754. The summed E-state index contributed by atoms with van der Waals surface area (Å²) in [6.45, 7) is 2.68. The maximum absolute atomic E-state index is 5.68.